The lowest BCUT2D eigenvalue weighted by atomic mass is 10.4. The standard InChI is InChI=1S/C10H9BrF2N4/c1-2-14-9-7(12)3-8(13)10(16-9)17-5-6(11)4-15-17/h3-5H,2H2,1H3,(H,14,16). The van der Waals surface area contributed by atoms with Gasteiger partial charge in [-0.25, -0.2) is 18.4 Å². The van der Waals surface area contributed by atoms with Gasteiger partial charge in [0, 0.05) is 18.8 Å². The highest BCUT2D eigenvalue weighted by Crippen LogP contribution is 2.19. The first-order valence-corrected chi connectivity index (χ1v) is 5.71. The quantitative estimate of drug-likeness (QED) is 0.948. The second-order valence-corrected chi connectivity index (χ2v) is 4.17. The minimum absolute atomic E-state index is 0.00974. The van der Waals surface area contributed by atoms with E-state index < -0.39 is 11.6 Å². The van der Waals surface area contributed by atoms with Crippen LogP contribution >= 0.6 is 15.9 Å². The van der Waals surface area contributed by atoms with E-state index in [0.29, 0.717) is 11.0 Å². The average molecular weight is 303 g/mol. The lowest BCUT2D eigenvalue weighted by Gasteiger charge is -2.07. The van der Waals surface area contributed by atoms with Crippen LogP contribution in [0.4, 0.5) is 14.6 Å². The highest BCUT2D eigenvalue weighted by Gasteiger charge is 2.13. The van der Waals surface area contributed by atoms with Gasteiger partial charge in [-0.3, -0.25) is 0 Å². The molecule has 2 rings (SSSR count). The molecule has 0 unspecified atom stereocenters. The Morgan fingerprint density at radius 2 is 2.18 bits per heavy atom. The number of halogens is 3. The Bertz CT molecular complexity index is 541. The van der Waals surface area contributed by atoms with Crippen molar-refractivity contribution in [2.75, 3.05) is 11.9 Å². The predicted octanol–water partition coefficient (Wildman–Crippen LogP) is 2.74. The van der Waals surface area contributed by atoms with Gasteiger partial charge in [-0.2, -0.15) is 5.10 Å². The van der Waals surface area contributed by atoms with Gasteiger partial charge in [0.15, 0.2) is 23.3 Å². The van der Waals surface area contributed by atoms with Gasteiger partial charge in [-0.15, -0.1) is 0 Å². The Kier molecular flexibility index (Phi) is 3.37. The van der Waals surface area contributed by atoms with Gasteiger partial charge in [0.2, 0.25) is 0 Å². The van der Waals surface area contributed by atoms with Gasteiger partial charge in [0.05, 0.1) is 10.7 Å². The molecule has 0 amide bonds. The van der Waals surface area contributed by atoms with Crippen molar-refractivity contribution in [1.82, 2.24) is 14.8 Å². The van der Waals surface area contributed by atoms with E-state index in [1.54, 1.807) is 13.1 Å². The van der Waals surface area contributed by atoms with Gasteiger partial charge in [0.25, 0.3) is 0 Å². The third-order valence-electron chi connectivity index (χ3n) is 2.02. The molecule has 0 aliphatic heterocycles. The van der Waals surface area contributed by atoms with E-state index in [-0.39, 0.29) is 11.6 Å². The van der Waals surface area contributed by atoms with E-state index in [1.807, 2.05) is 0 Å². The normalized spacial score (nSPS) is 10.6. The molecule has 7 heteroatoms. The van der Waals surface area contributed by atoms with Crippen molar-refractivity contribution in [2.24, 2.45) is 0 Å². The number of nitrogens with one attached hydrogen (secondary N) is 1. The molecular weight excluding hydrogens is 294 g/mol. The molecule has 0 fully saturated rings. The van der Waals surface area contributed by atoms with Gasteiger partial charge < -0.3 is 5.32 Å². The predicted molar refractivity (Wildman–Crippen MR) is 63.1 cm³/mol. The Hall–Kier alpha value is -1.50. The molecule has 0 aliphatic rings. The van der Waals surface area contributed by atoms with Crippen molar-refractivity contribution in [3.63, 3.8) is 0 Å². The van der Waals surface area contributed by atoms with Gasteiger partial charge >= 0.3 is 0 Å². The third-order valence-corrected chi connectivity index (χ3v) is 2.43. The molecule has 2 heterocycles. The van der Waals surface area contributed by atoms with Crippen LogP contribution in [0.2, 0.25) is 0 Å². The lowest BCUT2D eigenvalue weighted by Crippen LogP contribution is -2.08. The number of aromatic nitrogens is 3. The smallest absolute Gasteiger partial charge is 0.191 e. The minimum Gasteiger partial charge on any atom is -0.368 e. The van der Waals surface area contributed by atoms with E-state index in [1.165, 1.54) is 10.9 Å². The van der Waals surface area contributed by atoms with Crippen LogP contribution in [0.1, 0.15) is 6.92 Å². The largest absolute Gasteiger partial charge is 0.368 e. The number of rotatable bonds is 3. The number of anilines is 1. The highest BCUT2D eigenvalue weighted by atomic mass is 79.9. The van der Waals surface area contributed by atoms with Crippen molar-refractivity contribution in [2.45, 2.75) is 6.92 Å². The maximum absolute atomic E-state index is 13.6. The molecular formula is C10H9BrF2N4. The van der Waals surface area contributed by atoms with Crippen LogP contribution in [0.15, 0.2) is 22.9 Å². The van der Waals surface area contributed by atoms with Crippen molar-refractivity contribution < 1.29 is 8.78 Å². The highest BCUT2D eigenvalue weighted by molar-refractivity contribution is 9.10. The molecule has 4 nitrogen and oxygen atoms in total. The fourth-order valence-electron chi connectivity index (χ4n) is 1.33. The number of hydrogen-bond donors (Lipinski definition) is 1. The summed E-state index contributed by atoms with van der Waals surface area (Å²) in [5.41, 5.74) is 0. The Labute approximate surface area is 105 Å². The molecule has 0 spiro atoms. The maximum Gasteiger partial charge on any atom is 0.191 e. The fraction of sp³-hybridized carbons (Fsp3) is 0.200. The topological polar surface area (TPSA) is 42.7 Å². The molecule has 0 aromatic carbocycles. The molecule has 1 N–H and O–H groups in total. The van der Waals surface area contributed by atoms with E-state index >= 15 is 0 Å². The van der Waals surface area contributed by atoms with E-state index in [0.717, 1.165) is 6.07 Å². The zero-order valence-electron chi connectivity index (χ0n) is 8.91. The summed E-state index contributed by atoms with van der Waals surface area (Å²) in [5.74, 6) is -1.53. The summed E-state index contributed by atoms with van der Waals surface area (Å²) in [5, 5.41) is 6.61. The van der Waals surface area contributed by atoms with Gasteiger partial charge in [-0.05, 0) is 22.9 Å². The molecule has 90 valence electrons. The van der Waals surface area contributed by atoms with Crippen LogP contribution in [-0.4, -0.2) is 21.3 Å². The Morgan fingerprint density at radius 1 is 1.41 bits per heavy atom. The van der Waals surface area contributed by atoms with E-state index in [2.05, 4.69) is 31.3 Å². The van der Waals surface area contributed by atoms with Crippen molar-refractivity contribution >= 4 is 21.7 Å². The first-order valence-electron chi connectivity index (χ1n) is 4.92. The van der Waals surface area contributed by atoms with Crippen LogP contribution in [-0.2, 0) is 0 Å². The monoisotopic (exact) mass is 302 g/mol. The molecule has 0 bridgehead atoms. The number of pyridine rings is 1. The van der Waals surface area contributed by atoms with Crippen LogP contribution in [0.3, 0.4) is 0 Å². The van der Waals surface area contributed by atoms with Crippen LogP contribution in [0.25, 0.3) is 5.82 Å². The van der Waals surface area contributed by atoms with Crippen LogP contribution < -0.4 is 5.32 Å². The summed E-state index contributed by atoms with van der Waals surface area (Å²) in [6, 6.07) is 0.788. The maximum atomic E-state index is 13.6. The molecule has 17 heavy (non-hydrogen) atoms. The van der Waals surface area contributed by atoms with Gasteiger partial charge in [-0.1, -0.05) is 0 Å². The number of nitrogens with zero attached hydrogens (tertiary/aromatic N) is 3. The Morgan fingerprint density at radius 3 is 2.76 bits per heavy atom. The second-order valence-electron chi connectivity index (χ2n) is 3.26. The molecule has 0 saturated carbocycles. The zero-order valence-corrected chi connectivity index (χ0v) is 10.5. The van der Waals surface area contributed by atoms with E-state index in [9.17, 15) is 8.78 Å². The summed E-state index contributed by atoms with van der Waals surface area (Å²) in [4.78, 5) is 3.86. The minimum atomic E-state index is -0.764. The first-order chi connectivity index (χ1) is 8.11. The van der Waals surface area contributed by atoms with Gasteiger partial charge in [0.1, 0.15) is 0 Å². The first kappa shape index (κ1) is 12.0. The number of hydrogen-bond acceptors (Lipinski definition) is 3. The van der Waals surface area contributed by atoms with Crippen molar-refractivity contribution in [3.8, 4) is 5.82 Å². The van der Waals surface area contributed by atoms with Crippen LogP contribution in [0.5, 0.6) is 0 Å². The summed E-state index contributed by atoms with van der Waals surface area (Å²) in [6.07, 6.45) is 3.04. The molecule has 2 aromatic rings. The van der Waals surface area contributed by atoms with Crippen molar-refractivity contribution in [1.29, 1.82) is 0 Å². The fourth-order valence-corrected chi connectivity index (χ4v) is 1.61. The van der Waals surface area contributed by atoms with Crippen LogP contribution in [0, 0.1) is 11.6 Å². The summed E-state index contributed by atoms with van der Waals surface area (Å²) < 4.78 is 28.8. The third kappa shape index (κ3) is 2.44. The Balaban J connectivity index is 2.50. The molecule has 0 aliphatic carbocycles. The zero-order chi connectivity index (χ0) is 12.4. The summed E-state index contributed by atoms with van der Waals surface area (Å²) >= 11 is 3.19. The molecule has 0 saturated heterocycles. The lowest BCUT2D eigenvalue weighted by molar-refractivity contribution is 0.563. The SMILES string of the molecule is CCNc1nc(-n2cc(Br)cn2)c(F)cc1F. The molecule has 0 atom stereocenters. The second kappa shape index (κ2) is 4.79. The van der Waals surface area contributed by atoms with Crippen molar-refractivity contribution in [3.05, 3.63) is 34.6 Å². The average Bonchev–Trinajstić information content (AvgIpc) is 2.69. The molecule has 2 aromatic heterocycles. The van der Waals surface area contributed by atoms with E-state index in [4.69, 9.17) is 0 Å². The molecule has 0 radical (unpaired) electrons. The summed E-state index contributed by atoms with van der Waals surface area (Å²) in [7, 11) is 0. The summed E-state index contributed by atoms with van der Waals surface area (Å²) in [6.45, 7) is 2.30.